The minimum absolute atomic E-state index is 0.0114. The highest BCUT2D eigenvalue weighted by atomic mass is 16.2. The fraction of sp³-hybridized carbons (Fsp3) is 0.480. The SMILES string of the molecule is Cc1cccc(N2CC(C(=O)NCc3ccc(N4CCCCCC4)nc3)CC2=O)c1C. The van der Waals surface area contributed by atoms with E-state index < -0.39 is 0 Å². The van der Waals surface area contributed by atoms with Crippen LogP contribution in [0.25, 0.3) is 0 Å². The maximum Gasteiger partial charge on any atom is 0.227 e. The molecule has 1 aromatic heterocycles. The summed E-state index contributed by atoms with van der Waals surface area (Å²) in [4.78, 5) is 34.0. The number of nitrogens with zero attached hydrogens (tertiary/aromatic N) is 3. The quantitative estimate of drug-likeness (QED) is 0.800. The fourth-order valence-corrected chi connectivity index (χ4v) is 4.49. The van der Waals surface area contributed by atoms with Gasteiger partial charge in [0, 0.05) is 44.5 Å². The number of nitrogens with one attached hydrogen (secondary N) is 1. The van der Waals surface area contributed by atoms with Gasteiger partial charge in [-0.15, -0.1) is 0 Å². The second-order valence-corrected chi connectivity index (χ2v) is 8.77. The van der Waals surface area contributed by atoms with Crippen LogP contribution in [0.2, 0.25) is 0 Å². The van der Waals surface area contributed by atoms with E-state index in [1.54, 1.807) is 4.90 Å². The highest BCUT2D eigenvalue weighted by Gasteiger charge is 2.35. The third-order valence-electron chi connectivity index (χ3n) is 6.57. The van der Waals surface area contributed by atoms with Crippen molar-refractivity contribution < 1.29 is 9.59 Å². The summed E-state index contributed by atoms with van der Waals surface area (Å²) in [5.41, 5.74) is 4.12. The van der Waals surface area contributed by atoms with Crippen LogP contribution in [-0.2, 0) is 16.1 Å². The number of rotatable bonds is 5. The molecule has 1 aromatic carbocycles. The molecule has 3 heterocycles. The van der Waals surface area contributed by atoms with E-state index in [0.29, 0.717) is 13.1 Å². The minimum atomic E-state index is -0.322. The summed E-state index contributed by atoms with van der Waals surface area (Å²) in [6.07, 6.45) is 7.14. The van der Waals surface area contributed by atoms with Crippen LogP contribution < -0.4 is 15.1 Å². The van der Waals surface area contributed by atoms with Gasteiger partial charge in [0.1, 0.15) is 5.82 Å². The monoisotopic (exact) mass is 420 g/mol. The largest absolute Gasteiger partial charge is 0.357 e. The number of hydrogen-bond acceptors (Lipinski definition) is 4. The van der Waals surface area contributed by atoms with Crippen molar-refractivity contribution in [2.75, 3.05) is 29.4 Å². The standard InChI is InChI=1S/C25H32N4O2/c1-18-8-7-9-22(19(18)2)29-17-21(14-24(29)30)25(31)27-16-20-10-11-23(26-15-20)28-12-5-3-4-6-13-28/h7-11,15,21H,3-6,12-14,16-17H2,1-2H3,(H,27,31). The van der Waals surface area contributed by atoms with Crippen molar-refractivity contribution in [3.8, 4) is 0 Å². The average molecular weight is 421 g/mol. The molecule has 2 aliphatic heterocycles. The van der Waals surface area contributed by atoms with Gasteiger partial charge in [0.25, 0.3) is 0 Å². The molecule has 164 valence electrons. The minimum Gasteiger partial charge on any atom is -0.357 e. The van der Waals surface area contributed by atoms with Crippen molar-refractivity contribution in [1.29, 1.82) is 0 Å². The number of anilines is 2. The summed E-state index contributed by atoms with van der Waals surface area (Å²) in [6.45, 7) is 7.05. The van der Waals surface area contributed by atoms with E-state index in [1.807, 2.05) is 50.4 Å². The van der Waals surface area contributed by atoms with Gasteiger partial charge in [0.2, 0.25) is 11.8 Å². The van der Waals surface area contributed by atoms with Crippen molar-refractivity contribution in [2.45, 2.75) is 52.5 Å². The van der Waals surface area contributed by atoms with E-state index in [-0.39, 0.29) is 24.2 Å². The molecule has 2 amide bonds. The number of aryl methyl sites for hydroxylation is 1. The Labute approximate surface area is 184 Å². The summed E-state index contributed by atoms with van der Waals surface area (Å²) >= 11 is 0. The Bertz CT molecular complexity index is 933. The summed E-state index contributed by atoms with van der Waals surface area (Å²) in [5.74, 6) is 0.634. The van der Waals surface area contributed by atoms with Crippen molar-refractivity contribution in [3.63, 3.8) is 0 Å². The number of amides is 2. The molecule has 31 heavy (non-hydrogen) atoms. The van der Waals surface area contributed by atoms with Crippen LogP contribution in [0, 0.1) is 19.8 Å². The Morgan fingerprint density at radius 1 is 1.10 bits per heavy atom. The molecule has 6 heteroatoms. The summed E-state index contributed by atoms with van der Waals surface area (Å²) in [7, 11) is 0. The zero-order chi connectivity index (χ0) is 21.8. The lowest BCUT2D eigenvalue weighted by Gasteiger charge is -2.21. The molecule has 0 radical (unpaired) electrons. The van der Waals surface area contributed by atoms with Crippen LogP contribution >= 0.6 is 0 Å². The van der Waals surface area contributed by atoms with Gasteiger partial charge in [0.15, 0.2) is 0 Å². The molecule has 4 rings (SSSR count). The van der Waals surface area contributed by atoms with Gasteiger partial charge < -0.3 is 15.1 Å². The van der Waals surface area contributed by atoms with Crippen LogP contribution in [-0.4, -0.2) is 36.4 Å². The third-order valence-corrected chi connectivity index (χ3v) is 6.57. The number of carbonyl (C=O) groups excluding carboxylic acids is 2. The Kier molecular flexibility index (Phi) is 6.54. The van der Waals surface area contributed by atoms with Gasteiger partial charge in [-0.05, 0) is 55.5 Å². The predicted molar refractivity (Wildman–Crippen MR) is 123 cm³/mol. The summed E-state index contributed by atoms with van der Waals surface area (Å²) < 4.78 is 0. The summed E-state index contributed by atoms with van der Waals surface area (Å²) in [6, 6.07) is 10.0. The lowest BCUT2D eigenvalue weighted by molar-refractivity contribution is -0.126. The van der Waals surface area contributed by atoms with Crippen LogP contribution in [0.3, 0.4) is 0 Å². The molecular formula is C25H32N4O2. The lowest BCUT2D eigenvalue weighted by atomic mass is 10.1. The molecular weight excluding hydrogens is 388 g/mol. The predicted octanol–water partition coefficient (Wildman–Crippen LogP) is 3.75. The van der Waals surface area contributed by atoms with E-state index in [1.165, 1.54) is 25.7 Å². The van der Waals surface area contributed by atoms with Gasteiger partial charge in [0.05, 0.1) is 5.92 Å². The fourth-order valence-electron chi connectivity index (χ4n) is 4.49. The Hall–Kier alpha value is -2.89. The first kappa shape index (κ1) is 21.3. The highest BCUT2D eigenvalue weighted by molar-refractivity contribution is 6.00. The van der Waals surface area contributed by atoms with Crippen molar-refractivity contribution >= 4 is 23.3 Å². The molecule has 2 aliphatic rings. The normalized spacial score (nSPS) is 19.4. The van der Waals surface area contributed by atoms with E-state index in [0.717, 1.165) is 41.3 Å². The third kappa shape index (κ3) is 4.89. The zero-order valence-electron chi connectivity index (χ0n) is 18.6. The number of carbonyl (C=O) groups is 2. The molecule has 1 unspecified atom stereocenters. The van der Waals surface area contributed by atoms with Crippen LogP contribution in [0.1, 0.15) is 48.8 Å². The van der Waals surface area contributed by atoms with E-state index >= 15 is 0 Å². The molecule has 0 saturated carbocycles. The maximum atomic E-state index is 12.7. The molecule has 2 aromatic rings. The Balaban J connectivity index is 1.33. The zero-order valence-corrected chi connectivity index (χ0v) is 18.6. The molecule has 0 bridgehead atoms. The highest BCUT2D eigenvalue weighted by Crippen LogP contribution is 2.29. The number of aromatic nitrogens is 1. The topological polar surface area (TPSA) is 65.5 Å². The van der Waals surface area contributed by atoms with Crippen LogP contribution in [0.4, 0.5) is 11.5 Å². The summed E-state index contributed by atoms with van der Waals surface area (Å²) in [5, 5.41) is 3.00. The Morgan fingerprint density at radius 2 is 1.87 bits per heavy atom. The second kappa shape index (κ2) is 9.50. The molecule has 6 nitrogen and oxygen atoms in total. The van der Waals surface area contributed by atoms with Crippen LogP contribution in [0.5, 0.6) is 0 Å². The molecule has 1 atom stereocenters. The average Bonchev–Trinajstić information content (AvgIpc) is 2.98. The number of pyridine rings is 1. The molecule has 2 saturated heterocycles. The van der Waals surface area contributed by atoms with Crippen molar-refractivity contribution in [3.05, 3.63) is 53.2 Å². The van der Waals surface area contributed by atoms with Gasteiger partial charge in [-0.2, -0.15) is 0 Å². The van der Waals surface area contributed by atoms with Gasteiger partial charge in [-0.25, -0.2) is 4.98 Å². The van der Waals surface area contributed by atoms with Gasteiger partial charge >= 0.3 is 0 Å². The lowest BCUT2D eigenvalue weighted by Crippen LogP contribution is -2.33. The first-order valence-corrected chi connectivity index (χ1v) is 11.4. The van der Waals surface area contributed by atoms with Crippen molar-refractivity contribution in [1.82, 2.24) is 10.3 Å². The van der Waals surface area contributed by atoms with E-state index in [2.05, 4.69) is 15.2 Å². The number of hydrogen-bond donors (Lipinski definition) is 1. The first-order chi connectivity index (χ1) is 15.0. The number of benzene rings is 1. The van der Waals surface area contributed by atoms with Gasteiger partial charge in [-0.1, -0.05) is 31.0 Å². The van der Waals surface area contributed by atoms with E-state index in [9.17, 15) is 9.59 Å². The molecule has 0 spiro atoms. The first-order valence-electron chi connectivity index (χ1n) is 11.4. The molecule has 1 N–H and O–H groups in total. The van der Waals surface area contributed by atoms with E-state index in [4.69, 9.17) is 0 Å². The Morgan fingerprint density at radius 3 is 2.58 bits per heavy atom. The molecule has 2 fully saturated rings. The van der Waals surface area contributed by atoms with Gasteiger partial charge in [-0.3, -0.25) is 9.59 Å². The second-order valence-electron chi connectivity index (χ2n) is 8.77. The molecule has 0 aliphatic carbocycles. The maximum absolute atomic E-state index is 12.7. The van der Waals surface area contributed by atoms with Crippen molar-refractivity contribution in [2.24, 2.45) is 5.92 Å². The van der Waals surface area contributed by atoms with Crippen LogP contribution in [0.15, 0.2) is 36.5 Å². The smallest absolute Gasteiger partial charge is 0.227 e.